The largest absolute Gasteiger partial charge is 0.323 e. The third-order valence-corrected chi connectivity index (χ3v) is 4.67. The fourth-order valence-corrected chi connectivity index (χ4v) is 3.04. The average Bonchev–Trinajstić information content (AvgIpc) is 2.66. The van der Waals surface area contributed by atoms with Crippen molar-refractivity contribution < 1.29 is 9.18 Å². The maximum absolute atomic E-state index is 13.6. The Morgan fingerprint density at radius 1 is 1.07 bits per heavy atom. The number of benzene rings is 2. The van der Waals surface area contributed by atoms with Gasteiger partial charge in [-0.3, -0.25) is 0 Å². The van der Waals surface area contributed by atoms with Crippen LogP contribution in [0.4, 0.5) is 20.6 Å². The maximum atomic E-state index is 13.6. The van der Waals surface area contributed by atoms with Crippen LogP contribution in [-0.4, -0.2) is 22.0 Å². The first-order valence-electron chi connectivity index (χ1n) is 8.47. The van der Waals surface area contributed by atoms with E-state index in [-0.39, 0.29) is 5.82 Å². The molecule has 0 unspecified atom stereocenters. The number of hydrogen-bond acceptors (Lipinski definition) is 4. The van der Waals surface area contributed by atoms with Gasteiger partial charge in [-0.05, 0) is 49.1 Å². The number of aromatic nitrogens is 2. The van der Waals surface area contributed by atoms with Gasteiger partial charge in [-0.1, -0.05) is 25.1 Å². The molecule has 0 aliphatic rings. The molecule has 0 bridgehead atoms. The third-order valence-electron chi connectivity index (χ3n) is 3.86. The molecule has 2 N–H and O–H groups in total. The van der Waals surface area contributed by atoms with Crippen LogP contribution in [0.1, 0.15) is 12.5 Å². The van der Waals surface area contributed by atoms with E-state index in [1.165, 1.54) is 6.07 Å². The van der Waals surface area contributed by atoms with E-state index >= 15 is 0 Å². The van der Waals surface area contributed by atoms with E-state index in [1.807, 2.05) is 30.3 Å². The first kappa shape index (κ1) is 18.8. The lowest BCUT2D eigenvalue weighted by atomic mass is 10.1. The summed E-state index contributed by atoms with van der Waals surface area (Å²) in [4.78, 5) is 12.2. The van der Waals surface area contributed by atoms with Gasteiger partial charge in [-0.25, -0.2) is 9.18 Å². The Morgan fingerprint density at radius 2 is 1.89 bits per heavy atom. The Bertz CT molecular complexity index is 947. The molecule has 0 saturated heterocycles. The summed E-state index contributed by atoms with van der Waals surface area (Å²) in [5, 5.41) is 14.7. The Morgan fingerprint density at radius 3 is 2.63 bits per heavy atom. The van der Waals surface area contributed by atoms with Crippen LogP contribution in [0.5, 0.6) is 0 Å². The SMILES string of the molecule is CCSc1ccc(-c2cccc(NC(=O)Nc3cccc(F)c3C)c2)nn1. The quantitative estimate of drug-likeness (QED) is 0.584. The van der Waals surface area contributed by atoms with Crippen molar-refractivity contribution in [1.29, 1.82) is 0 Å². The Balaban J connectivity index is 1.71. The zero-order valence-electron chi connectivity index (χ0n) is 15.0. The summed E-state index contributed by atoms with van der Waals surface area (Å²) in [6.45, 7) is 3.68. The van der Waals surface area contributed by atoms with Crippen molar-refractivity contribution in [3.63, 3.8) is 0 Å². The molecule has 0 fully saturated rings. The van der Waals surface area contributed by atoms with Gasteiger partial charge in [0.05, 0.1) is 5.69 Å². The van der Waals surface area contributed by atoms with Gasteiger partial charge in [0, 0.05) is 22.5 Å². The van der Waals surface area contributed by atoms with Crippen molar-refractivity contribution in [3.05, 3.63) is 66.0 Å². The number of rotatable bonds is 5. The molecule has 27 heavy (non-hydrogen) atoms. The summed E-state index contributed by atoms with van der Waals surface area (Å²) in [7, 11) is 0. The van der Waals surface area contributed by atoms with E-state index in [2.05, 4.69) is 27.8 Å². The zero-order chi connectivity index (χ0) is 19.2. The Kier molecular flexibility index (Phi) is 6.03. The molecular formula is C20H19FN4OS. The number of thioether (sulfide) groups is 1. The van der Waals surface area contributed by atoms with Crippen molar-refractivity contribution in [2.24, 2.45) is 0 Å². The molecule has 1 aromatic heterocycles. The monoisotopic (exact) mass is 382 g/mol. The Hall–Kier alpha value is -2.93. The predicted octanol–water partition coefficient (Wildman–Crippen LogP) is 5.35. The summed E-state index contributed by atoms with van der Waals surface area (Å²) in [6, 6.07) is 15.3. The van der Waals surface area contributed by atoms with Crippen LogP contribution in [0, 0.1) is 12.7 Å². The molecule has 3 rings (SSSR count). The first-order valence-corrected chi connectivity index (χ1v) is 9.45. The second-order valence-electron chi connectivity index (χ2n) is 5.76. The highest BCUT2D eigenvalue weighted by Gasteiger charge is 2.09. The van der Waals surface area contributed by atoms with Crippen LogP contribution in [0.15, 0.2) is 59.6 Å². The third kappa shape index (κ3) is 4.83. The molecule has 0 atom stereocenters. The molecule has 138 valence electrons. The number of hydrogen-bond donors (Lipinski definition) is 2. The van der Waals surface area contributed by atoms with Gasteiger partial charge in [0.15, 0.2) is 0 Å². The lowest BCUT2D eigenvalue weighted by Gasteiger charge is -2.11. The molecule has 5 nitrogen and oxygen atoms in total. The van der Waals surface area contributed by atoms with Crippen LogP contribution >= 0.6 is 11.8 Å². The topological polar surface area (TPSA) is 66.9 Å². The van der Waals surface area contributed by atoms with Gasteiger partial charge >= 0.3 is 6.03 Å². The number of carbonyl (C=O) groups is 1. The van der Waals surface area contributed by atoms with Gasteiger partial charge in [-0.15, -0.1) is 22.0 Å². The molecule has 1 heterocycles. The van der Waals surface area contributed by atoms with E-state index in [4.69, 9.17) is 0 Å². The second kappa shape index (κ2) is 8.64. The molecule has 2 aromatic carbocycles. The van der Waals surface area contributed by atoms with Crippen molar-refractivity contribution in [2.45, 2.75) is 18.9 Å². The minimum atomic E-state index is -0.443. The highest BCUT2D eigenvalue weighted by Crippen LogP contribution is 2.23. The smallest absolute Gasteiger partial charge is 0.308 e. The van der Waals surface area contributed by atoms with Crippen LogP contribution in [-0.2, 0) is 0 Å². The number of halogens is 1. The number of amides is 2. The van der Waals surface area contributed by atoms with Gasteiger partial charge < -0.3 is 10.6 Å². The van der Waals surface area contributed by atoms with Crippen LogP contribution < -0.4 is 10.6 Å². The van der Waals surface area contributed by atoms with Crippen molar-refractivity contribution >= 4 is 29.2 Å². The van der Waals surface area contributed by atoms with Gasteiger partial charge in [0.25, 0.3) is 0 Å². The minimum absolute atomic E-state index is 0.363. The van der Waals surface area contributed by atoms with Crippen molar-refractivity contribution in [3.8, 4) is 11.3 Å². The average molecular weight is 382 g/mol. The van der Waals surface area contributed by atoms with Gasteiger partial charge in [-0.2, -0.15) is 0 Å². The number of anilines is 2. The fourth-order valence-electron chi connectivity index (χ4n) is 2.48. The van der Waals surface area contributed by atoms with E-state index in [9.17, 15) is 9.18 Å². The van der Waals surface area contributed by atoms with Crippen LogP contribution in [0.25, 0.3) is 11.3 Å². The normalized spacial score (nSPS) is 10.5. The molecule has 3 aromatic rings. The Labute approximate surface area is 161 Å². The van der Waals surface area contributed by atoms with E-state index in [1.54, 1.807) is 36.9 Å². The summed E-state index contributed by atoms with van der Waals surface area (Å²) in [6.07, 6.45) is 0. The predicted molar refractivity (Wildman–Crippen MR) is 108 cm³/mol. The molecule has 2 amide bonds. The molecule has 0 radical (unpaired) electrons. The van der Waals surface area contributed by atoms with Gasteiger partial charge in [0.1, 0.15) is 10.8 Å². The van der Waals surface area contributed by atoms with Crippen LogP contribution in [0.2, 0.25) is 0 Å². The zero-order valence-corrected chi connectivity index (χ0v) is 15.8. The molecular weight excluding hydrogens is 363 g/mol. The summed E-state index contributed by atoms with van der Waals surface area (Å²) >= 11 is 1.63. The number of nitrogens with zero attached hydrogens (tertiary/aromatic N) is 2. The maximum Gasteiger partial charge on any atom is 0.323 e. The van der Waals surface area contributed by atoms with E-state index < -0.39 is 6.03 Å². The van der Waals surface area contributed by atoms with Crippen LogP contribution in [0.3, 0.4) is 0 Å². The summed E-state index contributed by atoms with van der Waals surface area (Å²) in [5.74, 6) is 0.575. The highest BCUT2D eigenvalue weighted by atomic mass is 32.2. The van der Waals surface area contributed by atoms with E-state index in [0.29, 0.717) is 16.9 Å². The number of nitrogens with one attached hydrogen (secondary N) is 2. The summed E-state index contributed by atoms with van der Waals surface area (Å²) in [5.41, 5.74) is 2.99. The van der Waals surface area contributed by atoms with Crippen molar-refractivity contribution in [2.75, 3.05) is 16.4 Å². The first-order chi connectivity index (χ1) is 13.1. The number of urea groups is 1. The molecule has 0 spiro atoms. The van der Waals surface area contributed by atoms with E-state index in [0.717, 1.165) is 22.0 Å². The standard InChI is InChI=1S/C20H19FN4OS/c1-3-27-19-11-10-18(24-25-19)14-6-4-7-15(12-14)22-20(26)23-17-9-5-8-16(21)13(17)2/h4-12H,3H2,1-2H3,(H2,22,23,26). The number of carbonyl (C=O) groups excluding carboxylic acids is 1. The van der Waals surface area contributed by atoms with Crippen molar-refractivity contribution in [1.82, 2.24) is 10.2 Å². The minimum Gasteiger partial charge on any atom is -0.308 e. The molecule has 0 saturated carbocycles. The fraction of sp³-hybridized carbons (Fsp3) is 0.150. The molecule has 7 heteroatoms. The summed E-state index contributed by atoms with van der Waals surface area (Å²) < 4.78 is 13.6. The second-order valence-corrected chi connectivity index (χ2v) is 7.05. The molecule has 0 aliphatic carbocycles. The highest BCUT2D eigenvalue weighted by molar-refractivity contribution is 7.99. The molecule has 0 aliphatic heterocycles. The lowest BCUT2D eigenvalue weighted by molar-refractivity contribution is 0.262. The van der Waals surface area contributed by atoms with Gasteiger partial charge in [0.2, 0.25) is 0 Å². The lowest BCUT2D eigenvalue weighted by Crippen LogP contribution is -2.20.